The average molecular weight is 352 g/mol. The molecule has 0 atom stereocenters. The highest BCUT2D eigenvalue weighted by Gasteiger charge is 2.15. The van der Waals surface area contributed by atoms with Gasteiger partial charge in [-0.2, -0.15) is 0 Å². The third-order valence-electron chi connectivity index (χ3n) is 3.79. The van der Waals surface area contributed by atoms with Crippen LogP contribution in [0.3, 0.4) is 0 Å². The number of anilines is 1. The Bertz CT molecular complexity index is 934. The summed E-state index contributed by atoms with van der Waals surface area (Å²) < 4.78 is 5.43. The van der Waals surface area contributed by atoms with Gasteiger partial charge in [0.2, 0.25) is 5.89 Å². The molecule has 0 aliphatic heterocycles. The fourth-order valence-electron chi connectivity index (χ4n) is 2.37. The Morgan fingerprint density at radius 1 is 1.15 bits per heavy atom. The van der Waals surface area contributed by atoms with Crippen LogP contribution < -0.4 is 5.32 Å². The van der Waals surface area contributed by atoms with Gasteiger partial charge in [-0.3, -0.25) is 20.2 Å². The molecule has 1 amide bonds. The van der Waals surface area contributed by atoms with E-state index >= 15 is 0 Å². The largest absolute Gasteiger partial charge is 0.407 e. The molecule has 3 aromatic rings. The van der Waals surface area contributed by atoms with Crippen molar-refractivity contribution in [2.45, 2.75) is 19.8 Å². The van der Waals surface area contributed by atoms with Crippen molar-refractivity contribution in [3.05, 3.63) is 81.2 Å². The second kappa shape index (κ2) is 7.56. The predicted octanol–water partition coefficient (Wildman–Crippen LogP) is 3.38. The first-order chi connectivity index (χ1) is 12.5. The molecule has 26 heavy (non-hydrogen) atoms. The monoisotopic (exact) mass is 352 g/mol. The first-order valence-corrected chi connectivity index (χ1v) is 8.01. The van der Waals surface area contributed by atoms with E-state index in [1.165, 1.54) is 29.8 Å². The van der Waals surface area contributed by atoms with Crippen molar-refractivity contribution in [3.63, 3.8) is 0 Å². The lowest BCUT2D eigenvalue weighted by Crippen LogP contribution is -2.12. The van der Waals surface area contributed by atoms with E-state index in [1.54, 1.807) is 0 Å². The molecule has 0 bridgehead atoms. The Kier molecular flexibility index (Phi) is 5.02. The number of hydrogen-bond donors (Lipinski definition) is 1. The fraction of sp³-hybridized carbons (Fsp3) is 0.167. The van der Waals surface area contributed by atoms with Crippen molar-refractivity contribution in [2.24, 2.45) is 0 Å². The molecule has 2 aromatic carbocycles. The van der Waals surface area contributed by atoms with Gasteiger partial charge in [0.05, 0.1) is 11.3 Å². The van der Waals surface area contributed by atoms with Crippen LogP contribution in [-0.2, 0) is 12.8 Å². The number of rotatable bonds is 6. The summed E-state index contributed by atoms with van der Waals surface area (Å²) in [5.41, 5.74) is 2.22. The van der Waals surface area contributed by atoms with Gasteiger partial charge in [0, 0.05) is 17.7 Å². The number of carbonyl (C=O) groups is 1. The Balaban J connectivity index is 1.66. The smallest absolute Gasteiger partial charge is 0.322 e. The van der Waals surface area contributed by atoms with Crippen LogP contribution in [0.25, 0.3) is 0 Å². The molecule has 0 fully saturated rings. The highest BCUT2D eigenvalue weighted by molar-refractivity contribution is 6.03. The fourth-order valence-corrected chi connectivity index (χ4v) is 2.37. The number of benzene rings is 2. The molecule has 0 aliphatic rings. The molecule has 0 saturated heterocycles. The Labute approximate surface area is 149 Å². The molecule has 0 unspecified atom stereocenters. The minimum absolute atomic E-state index is 0.0540. The first kappa shape index (κ1) is 17.3. The van der Waals surface area contributed by atoms with Crippen molar-refractivity contribution in [2.75, 3.05) is 5.32 Å². The molecule has 132 valence electrons. The SMILES string of the molecule is CCc1ccc(Cc2nnc(NC(=O)c3cccc([N+](=O)[O-])c3)o2)cc1. The minimum Gasteiger partial charge on any atom is -0.407 e. The van der Waals surface area contributed by atoms with Crippen molar-refractivity contribution >= 4 is 17.6 Å². The molecule has 0 radical (unpaired) electrons. The van der Waals surface area contributed by atoms with Gasteiger partial charge < -0.3 is 4.42 Å². The maximum atomic E-state index is 12.2. The van der Waals surface area contributed by atoms with Crippen LogP contribution in [0.4, 0.5) is 11.7 Å². The van der Waals surface area contributed by atoms with Crippen LogP contribution in [0.5, 0.6) is 0 Å². The van der Waals surface area contributed by atoms with E-state index in [0.717, 1.165) is 12.0 Å². The summed E-state index contributed by atoms with van der Waals surface area (Å²) >= 11 is 0. The zero-order valence-corrected chi connectivity index (χ0v) is 14.0. The maximum absolute atomic E-state index is 12.2. The molecule has 1 heterocycles. The van der Waals surface area contributed by atoms with Crippen molar-refractivity contribution < 1.29 is 14.1 Å². The normalized spacial score (nSPS) is 10.5. The molecular formula is C18H16N4O4. The van der Waals surface area contributed by atoms with Crippen molar-refractivity contribution in [1.29, 1.82) is 0 Å². The summed E-state index contributed by atoms with van der Waals surface area (Å²) in [5, 5.41) is 20.9. The van der Waals surface area contributed by atoms with Crippen LogP contribution in [0.1, 0.15) is 34.3 Å². The maximum Gasteiger partial charge on any atom is 0.322 e. The van der Waals surface area contributed by atoms with Gasteiger partial charge in [-0.05, 0) is 23.6 Å². The zero-order valence-electron chi connectivity index (χ0n) is 14.0. The molecule has 0 spiro atoms. The van der Waals surface area contributed by atoms with Crippen LogP contribution in [0.15, 0.2) is 52.9 Å². The van der Waals surface area contributed by atoms with E-state index in [2.05, 4.69) is 22.4 Å². The topological polar surface area (TPSA) is 111 Å². The summed E-state index contributed by atoms with van der Waals surface area (Å²) in [4.78, 5) is 22.4. The number of nitro groups is 1. The second-order valence-electron chi connectivity index (χ2n) is 5.61. The Hall–Kier alpha value is -3.55. The number of aromatic nitrogens is 2. The van der Waals surface area contributed by atoms with E-state index in [0.29, 0.717) is 12.3 Å². The summed E-state index contributed by atoms with van der Waals surface area (Å²) in [6.07, 6.45) is 1.42. The van der Waals surface area contributed by atoms with Gasteiger partial charge in [0.1, 0.15) is 0 Å². The number of nitrogens with one attached hydrogen (secondary N) is 1. The molecule has 8 heteroatoms. The summed E-state index contributed by atoms with van der Waals surface area (Å²) in [5.74, 6) is -0.195. The number of nitrogens with zero attached hydrogens (tertiary/aromatic N) is 3. The summed E-state index contributed by atoms with van der Waals surface area (Å²) in [7, 11) is 0. The molecule has 0 saturated carbocycles. The molecule has 1 aromatic heterocycles. The van der Waals surface area contributed by atoms with Gasteiger partial charge in [-0.25, -0.2) is 0 Å². The predicted molar refractivity (Wildman–Crippen MR) is 94.0 cm³/mol. The number of nitro benzene ring substituents is 1. The third-order valence-corrected chi connectivity index (χ3v) is 3.79. The first-order valence-electron chi connectivity index (χ1n) is 8.01. The van der Waals surface area contributed by atoms with E-state index in [9.17, 15) is 14.9 Å². The van der Waals surface area contributed by atoms with Crippen LogP contribution in [0.2, 0.25) is 0 Å². The van der Waals surface area contributed by atoms with Crippen molar-refractivity contribution in [1.82, 2.24) is 10.2 Å². The third kappa shape index (κ3) is 4.10. The second-order valence-corrected chi connectivity index (χ2v) is 5.61. The van der Waals surface area contributed by atoms with Crippen molar-refractivity contribution in [3.8, 4) is 0 Å². The summed E-state index contributed by atoms with van der Waals surface area (Å²) in [6, 6.07) is 13.4. The average Bonchev–Trinajstić information content (AvgIpc) is 3.09. The lowest BCUT2D eigenvalue weighted by molar-refractivity contribution is -0.384. The molecule has 1 N–H and O–H groups in total. The highest BCUT2D eigenvalue weighted by Crippen LogP contribution is 2.16. The van der Waals surface area contributed by atoms with Gasteiger partial charge in [-0.15, -0.1) is 5.10 Å². The standard InChI is InChI=1S/C18H16N4O4/c1-2-12-6-8-13(9-7-12)10-16-20-21-18(26-16)19-17(23)14-4-3-5-15(11-14)22(24)25/h3-9,11H,2,10H2,1H3,(H,19,21,23). The zero-order chi connectivity index (χ0) is 18.5. The van der Waals surface area contributed by atoms with E-state index in [-0.39, 0.29) is 17.3 Å². The molecule has 3 rings (SSSR count). The Morgan fingerprint density at radius 3 is 2.58 bits per heavy atom. The lowest BCUT2D eigenvalue weighted by Gasteiger charge is -2.01. The van der Waals surface area contributed by atoms with Gasteiger partial charge in [0.25, 0.3) is 11.6 Å². The van der Waals surface area contributed by atoms with E-state index < -0.39 is 10.8 Å². The van der Waals surface area contributed by atoms with Crippen LogP contribution >= 0.6 is 0 Å². The number of non-ortho nitro benzene ring substituents is 1. The molecular weight excluding hydrogens is 336 g/mol. The number of aryl methyl sites for hydroxylation is 1. The lowest BCUT2D eigenvalue weighted by atomic mass is 10.1. The van der Waals surface area contributed by atoms with Gasteiger partial charge in [0.15, 0.2) is 0 Å². The molecule has 0 aliphatic carbocycles. The van der Waals surface area contributed by atoms with E-state index in [4.69, 9.17) is 4.42 Å². The number of amides is 1. The minimum atomic E-state index is -0.564. The summed E-state index contributed by atoms with van der Waals surface area (Å²) in [6.45, 7) is 2.09. The van der Waals surface area contributed by atoms with E-state index in [1.807, 2.05) is 24.3 Å². The van der Waals surface area contributed by atoms with Crippen LogP contribution in [0, 0.1) is 10.1 Å². The molecule has 8 nitrogen and oxygen atoms in total. The van der Waals surface area contributed by atoms with Gasteiger partial charge >= 0.3 is 6.01 Å². The highest BCUT2D eigenvalue weighted by atomic mass is 16.6. The number of hydrogen-bond acceptors (Lipinski definition) is 6. The Morgan fingerprint density at radius 2 is 1.88 bits per heavy atom. The van der Waals surface area contributed by atoms with Gasteiger partial charge in [-0.1, -0.05) is 42.4 Å². The number of carbonyl (C=O) groups excluding carboxylic acids is 1. The van der Waals surface area contributed by atoms with Crippen LogP contribution in [-0.4, -0.2) is 21.0 Å². The quantitative estimate of drug-likeness (QED) is 0.538.